The predicted molar refractivity (Wildman–Crippen MR) is 73.8 cm³/mol. The van der Waals surface area contributed by atoms with E-state index in [1.54, 1.807) is 7.11 Å². The summed E-state index contributed by atoms with van der Waals surface area (Å²) in [7, 11) is 1.68. The zero-order chi connectivity index (χ0) is 11.5. The summed E-state index contributed by atoms with van der Waals surface area (Å²) in [6.07, 6.45) is 0. The summed E-state index contributed by atoms with van der Waals surface area (Å²) >= 11 is 6.98. The minimum atomic E-state index is 0.862. The highest BCUT2D eigenvalue weighted by molar-refractivity contribution is 9.10. The van der Waals surface area contributed by atoms with Crippen LogP contribution in [0.4, 0.5) is 0 Å². The molecule has 0 unspecified atom stereocenters. The fourth-order valence-electron chi connectivity index (χ4n) is 1.48. The first-order valence-electron chi connectivity index (χ1n) is 4.80. The summed E-state index contributed by atoms with van der Waals surface area (Å²) in [6, 6.07) is 14.2. The van der Waals surface area contributed by atoms with E-state index in [1.165, 1.54) is 0 Å². The Kier molecular flexibility index (Phi) is 3.66. The van der Waals surface area contributed by atoms with E-state index in [4.69, 9.17) is 4.74 Å². The topological polar surface area (TPSA) is 9.23 Å². The molecule has 0 bridgehead atoms. The molecule has 2 rings (SSSR count). The third-order valence-corrected chi connectivity index (χ3v) is 3.55. The van der Waals surface area contributed by atoms with Gasteiger partial charge in [-0.2, -0.15) is 0 Å². The van der Waals surface area contributed by atoms with Gasteiger partial charge in [-0.25, -0.2) is 0 Å². The first kappa shape index (κ1) is 11.7. The van der Waals surface area contributed by atoms with Gasteiger partial charge in [-0.1, -0.05) is 44.0 Å². The molecule has 0 heterocycles. The molecular formula is C13H10Br2O. The van der Waals surface area contributed by atoms with Gasteiger partial charge in [-0.15, -0.1) is 0 Å². The van der Waals surface area contributed by atoms with Crippen LogP contribution in [0.5, 0.6) is 5.75 Å². The standard InChI is InChI=1S/C13H10Br2O/c1-16-11-6-7-13(15)12(8-11)9-2-4-10(14)5-3-9/h2-8H,1H3. The average Bonchev–Trinajstić information content (AvgIpc) is 2.31. The summed E-state index contributed by atoms with van der Waals surface area (Å²) in [5, 5.41) is 0. The molecule has 3 heteroatoms. The Hall–Kier alpha value is -0.800. The van der Waals surface area contributed by atoms with Gasteiger partial charge in [-0.05, 0) is 41.5 Å². The molecule has 82 valence electrons. The minimum Gasteiger partial charge on any atom is -0.497 e. The third-order valence-electron chi connectivity index (χ3n) is 2.33. The smallest absolute Gasteiger partial charge is 0.119 e. The monoisotopic (exact) mass is 340 g/mol. The first-order valence-corrected chi connectivity index (χ1v) is 6.39. The molecule has 0 fully saturated rings. The Morgan fingerprint density at radius 1 is 0.938 bits per heavy atom. The Labute approximate surface area is 112 Å². The zero-order valence-corrected chi connectivity index (χ0v) is 11.9. The molecule has 1 nitrogen and oxygen atoms in total. The van der Waals surface area contributed by atoms with Crippen molar-refractivity contribution < 1.29 is 4.74 Å². The molecule has 0 aliphatic carbocycles. The second-order valence-corrected chi connectivity index (χ2v) is 5.12. The van der Waals surface area contributed by atoms with Crippen molar-refractivity contribution in [1.29, 1.82) is 0 Å². The van der Waals surface area contributed by atoms with Crippen molar-refractivity contribution in [2.45, 2.75) is 0 Å². The Morgan fingerprint density at radius 2 is 1.62 bits per heavy atom. The van der Waals surface area contributed by atoms with Crippen LogP contribution in [0.15, 0.2) is 51.4 Å². The molecule has 0 aromatic heterocycles. The van der Waals surface area contributed by atoms with E-state index in [0.29, 0.717) is 0 Å². The zero-order valence-electron chi connectivity index (χ0n) is 8.71. The first-order chi connectivity index (χ1) is 7.70. The maximum Gasteiger partial charge on any atom is 0.119 e. The molecule has 0 amide bonds. The predicted octanol–water partition coefficient (Wildman–Crippen LogP) is 4.89. The molecule has 0 spiro atoms. The van der Waals surface area contributed by atoms with Gasteiger partial charge in [0.05, 0.1) is 7.11 Å². The largest absolute Gasteiger partial charge is 0.497 e. The van der Waals surface area contributed by atoms with Crippen LogP contribution in [0.25, 0.3) is 11.1 Å². The number of ether oxygens (including phenoxy) is 1. The molecule has 2 aromatic rings. The van der Waals surface area contributed by atoms with Crippen molar-refractivity contribution in [3.8, 4) is 16.9 Å². The highest BCUT2D eigenvalue weighted by atomic mass is 79.9. The van der Waals surface area contributed by atoms with Crippen molar-refractivity contribution in [3.63, 3.8) is 0 Å². The van der Waals surface area contributed by atoms with E-state index in [2.05, 4.69) is 44.0 Å². The fourth-order valence-corrected chi connectivity index (χ4v) is 2.22. The molecule has 16 heavy (non-hydrogen) atoms. The van der Waals surface area contributed by atoms with E-state index in [9.17, 15) is 0 Å². The summed E-state index contributed by atoms with van der Waals surface area (Å²) in [5.74, 6) is 0.862. The molecule has 0 saturated carbocycles. The third kappa shape index (κ3) is 2.47. The Bertz CT molecular complexity index is 492. The van der Waals surface area contributed by atoms with Gasteiger partial charge >= 0.3 is 0 Å². The quantitative estimate of drug-likeness (QED) is 0.755. The van der Waals surface area contributed by atoms with Gasteiger partial charge in [-0.3, -0.25) is 0 Å². The van der Waals surface area contributed by atoms with Crippen molar-refractivity contribution in [2.75, 3.05) is 7.11 Å². The van der Waals surface area contributed by atoms with E-state index in [-0.39, 0.29) is 0 Å². The fraction of sp³-hybridized carbons (Fsp3) is 0.0769. The normalized spacial score (nSPS) is 10.2. The van der Waals surface area contributed by atoms with Crippen molar-refractivity contribution >= 4 is 31.9 Å². The number of hydrogen-bond acceptors (Lipinski definition) is 1. The van der Waals surface area contributed by atoms with Crippen LogP contribution in [-0.4, -0.2) is 7.11 Å². The highest BCUT2D eigenvalue weighted by Crippen LogP contribution is 2.32. The second-order valence-electron chi connectivity index (χ2n) is 3.35. The van der Waals surface area contributed by atoms with Crippen LogP contribution in [0, 0.1) is 0 Å². The van der Waals surface area contributed by atoms with Crippen LogP contribution >= 0.6 is 31.9 Å². The van der Waals surface area contributed by atoms with E-state index in [0.717, 1.165) is 25.8 Å². The van der Waals surface area contributed by atoms with E-state index < -0.39 is 0 Å². The summed E-state index contributed by atoms with van der Waals surface area (Å²) in [6.45, 7) is 0. The van der Waals surface area contributed by atoms with Gasteiger partial charge in [0.25, 0.3) is 0 Å². The summed E-state index contributed by atoms with van der Waals surface area (Å²) in [5.41, 5.74) is 2.29. The number of hydrogen-bond donors (Lipinski definition) is 0. The van der Waals surface area contributed by atoms with Crippen molar-refractivity contribution in [1.82, 2.24) is 0 Å². The minimum absolute atomic E-state index is 0.862. The molecule has 0 radical (unpaired) electrons. The molecule has 0 aliphatic rings. The van der Waals surface area contributed by atoms with Crippen LogP contribution in [0.1, 0.15) is 0 Å². The number of benzene rings is 2. The van der Waals surface area contributed by atoms with Crippen LogP contribution < -0.4 is 4.74 Å². The van der Waals surface area contributed by atoms with Crippen LogP contribution in [-0.2, 0) is 0 Å². The molecule has 0 saturated heterocycles. The van der Waals surface area contributed by atoms with Gasteiger partial charge in [0.2, 0.25) is 0 Å². The molecule has 0 N–H and O–H groups in total. The Balaban J connectivity index is 2.50. The molecule has 2 aromatic carbocycles. The lowest BCUT2D eigenvalue weighted by Gasteiger charge is -2.07. The SMILES string of the molecule is COc1ccc(Br)c(-c2ccc(Br)cc2)c1. The number of halogens is 2. The maximum atomic E-state index is 5.22. The van der Waals surface area contributed by atoms with Crippen LogP contribution in [0.2, 0.25) is 0 Å². The maximum absolute atomic E-state index is 5.22. The molecule has 0 atom stereocenters. The van der Waals surface area contributed by atoms with Gasteiger partial charge in [0.1, 0.15) is 5.75 Å². The summed E-state index contributed by atoms with van der Waals surface area (Å²) < 4.78 is 7.37. The van der Waals surface area contributed by atoms with Gasteiger partial charge in [0.15, 0.2) is 0 Å². The average molecular weight is 342 g/mol. The number of rotatable bonds is 2. The van der Waals surface area contributed by atoms with Gasteiger partial charge < -0.3 is 4.74 Å². The summed E-state index contributed by atoms with van der Waals surface area (Å²) in [4.78, 5) is 0. The van der Waals surface area contributed by atoms with E-state index in [1.807, 2.05) is 30.3 Å². The van der Waals surface area contributed by atoms with E-state index >= 15 is 0 Å². The van der Waals surface area contributed by atoms with Gasteiger partial charge in [0, 0.05) is 8.95 Å². The Morgan fingerprint density at radius 3 is 2.25 bits per heavy atom. The highest BCUT2D eigenvalue weighted by Gasteiger charge is 2.04. The lowest BCUT2D eigenvalue weighted by Crippen LogP contribution is -1.85. The lowest BCUT2D eigenvalue weighted by atomic mass is 10.1. The van der Waals surface area contributed by atoms with Crippen molar-refractivity contribution in [3.05, 3.63) is 51.4 Å². The molecular weight excluding hydrogens is 332 g/mol. The van der Waals surface area contributed by atoms with Crippen LogP contribution in [0.3, 0.4) is 0 Å². The lowest BCUT2D eigenvalue weighted by molar-refractivity contribution is 0.415. The second kappa shape index (κ2) is 5.02. The number of methoxy groups -OCH3 is 1. The molecule has 0 aliphatic heterocycles. The van der Waals surface area contributed by atoms with Crippen molar-refractivity contribution in [2.24, 2.45) is 0 Å².